The minimum Gasteiger partial charge on any atom is -0.494 e. The van der Waals surface area contributed by atoms with E-state index in [4.69, 9.17) is 10.5 Å². The Hall–Kier alpha value is -2.86. The van der Waals surface area contributed by atoms with Crippen molar-refractivity contribution in [1.29, 1.82) is 0 Å². The summed E-state index contributed by atoms with van der Waals surface area (Å²) in [6.07, 6.45) is -3.52. The Morgan fingerprint density at radius 1 is 1.24 bits per heavy atom. The van der Waals surface area contributed by atoms with Gasteiger partial charge < -0.3 is 15.2 Å². The summed E-state index contributed by atoms with van der Waals surface area (Å²) < 4.78 is 75.3. The number of hydrogen-bond donors (Lipinski definition) is 1. The number of carbonyl (C=O) groups excluding carboxylic acids is 1. The molecule has 0 aliphatic heterocycles. The average molecular weight is 505 g/mol. The molecule has 1 aromatic carbocycles. The topological polar surface area (TPSA) is 108 Å². The molecule has 0 atom stereocenters. The first kappa shape index (κ1) is 26.4. The van der Waals surface area contributed by atoms with Crippen molar-refractivity contribution in [2.75, 3.05) is 20.8 Å². The van der Waals surface area contributed by atoms with E-state index in [1.807, 2.05) is 6.92 Å². The Morgan fingerprint density at radius 2 is 1.94 bits per heavy atom. The van der Waals surface area contributed by atoms with Gasteiger partial charge in [0.05, 0.1) is 35.6 Å². The molecule has 0 amide bonds. The molecule has 0 fully saturated rings. The van der Waals surface area contributed by atoms with Crippen LogP contribution in [0.1, 0.15) is 23.8 Å². The lowest BCUT2D eigenvalue weighted by Gasteiger charge is -2.11. The number of hydrogen-bond acceptors (Lipinski definition) is 8. The number of rotatable bonds is 9. The normalized spacial score (nSPS) is 13.2. The van der Waals surface area contributed by atoms with Crippen molar-refractivity contribution in [3.8, 4) is 5.75 Å². The third-order valence-corrected chi connectivity index (χ3v) is 7.61. The van der Waals surface area contributed by atoms with Crippen LogP contribution in [0.25, 0.3) is 5.70 Å². The highest BCUT2D eigenvalue weighted by Crippen LogP contribution is 2.33. The molecule has 0 aliphatic carbocycles. The summed E-state index contributed by atoms with van der Waals surface area (Å²) in [5, 5.41) is 0. The van der Waals surface area contributed by atoms with Crippen molar-refractivity contribution in [3.63, 3.8) is 0 Å². The summed E-state index contributed by atoms with van der Waals surface area (Å²) in [5.41, 5.74) is 4.67. The first-order valence-electron chi connectivity index (χ1n) is 9.62. The van der Waals surface area contributed by atoms with Gasteiger partial charge in [0.25, 0.3) is 0 Å². The lowest BCUT2D eigenvalue weighted by Crippen LogP contribution is -2.21. The number of sulfone groups is 1. The maximum atomic E-state index is 13.2. The highest BCUT2D eigenvalue weighted by atomic mass is 32.2. The monoisotopic (exact) mass is 504 g/mol. The first-order chi connectivity index (χ1) is 15.4. The highest BCUT2D eigenvalue weighted by molar-refractivity contribution is 7.93. The fourth-order valence-corrected chi connectivity index (χ4v) is 5.38. The molecule has 33 heavy (non-hydrogen) atoms. The van der Waals surface area contributed by atoms with Crippen molar-refractivity contribution < 1.29 is 35.9 Å². The van der Waals surface area contributed by atoms with E-state index < -0.39 is 27.7 Å². The summed E-state index contributed by atoms with van der Waals surface area (Å²) in [6, 6.07) is 6.78. The molecular weight excluding hydrogens is 481 g/mol. The standard InChI is InChI=1S/C21H23F3N2O5S2/c1-4-7-31-14-8-13(10-19(27)30-3)9-15(11-14)33(28,29)20-6-5-17(32-20)16(25)12-18(26-2)21(22,23)24/h5-6,8-9,11-12H,4,7,10,25H2,1-3H3. The number of methoxy groups -OCH3 is 1. The number of halogens is 3. The maximum absolute atomic E-state index is 13.2. The molecule has 1 heterocycles. The number of allylic oxidation sites excluding steroid dienone is 1. The lowest BCUT2D eigenvalue weighted by atomic mass is 10.1. The quantitative estimate of drug-likeness (QED) is 0.408. The molecular formula is C21H23F3N2O5S2. The number of nitrogens with two attached hydrogens (primary N) is 1. The second-order valence-electron chi connectivity index (χ2n) is 6.74. The molecule has 0 spiro atoms. The van der Waals surface area contributed by atoms with Crippen molar-refractivity contribution in [2.24, 2.45) is 10.7 Å². The highest BCUT2D eigenvalue weighted by Gasteiger charge is 2.34. The predicted molar refractivity (Wildman–Crippen MR) is 119 cm³/mol. The summed E-state index contributed by atoms with van der Waals surface area (Å²) in [4.78, 5) is 14.9. The van der Waals surface area contributed by atoms with Crippen molar-refractivity contribution in [2.45, 2.75) is 35.0 Å². The zero-order valence-corrected chi connectivity index (χ0v) is 19.7. The lowest BCUT2D eigenvalue weighted by molar-refractivity contribution is -0.139. The molecule has 2 N–H and O–H groups in total. The van der Waals surface area contributed by atoms with E-state index in [2.05, 4.69) is 9.73 Å². The van der Waals surface area contributed by atoms with Gasteiger partial charge in [-0.05, 0) is 48.4 Å². The number of alkyl halides is 3. The molecule has 0 unspecified atom stereocenters. The number of benzene rings is 1. The molecule has 2 rings (SSSR count). The minimum absolute atomic E-state index is 0.128. The minimum atomic E-state index is -4.69. The van der Waals surface area contributed by atoms with Gasteiger partial charge in [0, 0.05) is 7.05 Å². The Morgan fingerprint density at radius 3 is 2.52 bits per heavy atom. The molecule has 2 aromatic rings. The number of nitrogens with zero attached hydrogens (tertiary/aromatic N) is 1. The van der Waals surface area contributed by atoms with E-state index in [-0.39, 0.29) is 31.8 Å². The van der Waals surface area contributed by atoms with Gasteiger partial charge in [0.1, 0.15) is 15.7 Å². The van der Waals surface area contributed by atoms with Crippen LogP contribution in [0.5, 0.6) is 5.75 Å². The van der Waals surface area contributed by atoms with E-state index in [9.17, 15) is 26.4 Å². The van der Waals surface area contributed by atoms with Crippen LogP contribution >= 0.6 is 11.3 Å². The van der Waals surface area contributed by atoms with Crippen LogP contribution in [-0.2, 0) is 25.8 Å². The van der Waals surface area contributed by atoms with E-state index in [1.165, 1.54) is 31.4 Å². The number of esters is 1. The largest absolute Gasteiger partial charge is 0.494 e. The van der Waals surface area contributed by atoms with E-state index in [1.54, 1.807) is 6.07 Å². The Labute approximate surface area is 193 Å². The molecule has 0 saturated carbocycles. The summed E-state index contributed by atoms with van der Waals surface area (Å²) in [6.45, 7) is 2.22. The second kappa shape index (κ2) is 10.8. The molecule has 0 bridgehead atoms. The van der Waals surface area contributed by atoms with Gasteiger partial charge in [-0.3, -0.25) is 9.79 Å². The van der Waals surface area contributed by atoms with Crippen LogP contribution in [0, 0.1) is 0 Å². The third-order valence-electron chi connectivity index (χ3n) is 4.25. The zero-order valence-electron chi connectivity index (χ0n) is 18.1. The fraction of sp³-hybridized carbons (Fsp3) is 0.333. The molecule has 12 heteroatoms. The van der Waals surface area contributed by atoms with Crippen LogP contribution in [0.2, 0.25) is 0 Å². The van der Waals surface area contributed by atoms with Gasteiger partial charge in [-0.25, -0.2) is 8.42 Å². The number of carbonyl (C=O) groups is 1. The molecule has 0 saturated heterocycles. The zero-order chi connectivity index (χ0) is 24.8. The molecule has 0 radical (unpaired) electrons. The SMILES string of the molecule is CCCOc1cc(CC(=O)OC)cc(S(=O)(=O)c2ccc(C(N)=CC(=NC)C(F)(F)F)s2)c1. The first-order valence-corrected chi connectivity index (χ1v) is 11.9. The summed E-state index contributed by atoms with van der Waals surface area (Å²) in [7, 11) is -1.87. The van der Waals surface area contributed by atoms with Gasteiger partial charge in [-0.2, -0.15) is 13.2 Å². The van der Waals surface area contributed by atoms with Crippen LogP contribution in [0.15, 0.2) is 50.5 Å². The van der Waals surface area contributed by atoms with E-state index >= 15 is 0 Å². The summed E-state index contributed by atoms with van der Waals surface area (Å²) >= 11 is 0.718. The van der Waals surface area contributed by atoms with Crippen LogP contribution < -0.4 is 10.5 Å². The smallest absolute Gasteiger partial charge is 0.432 e. The average Bonchev–Trinajstić information content (AvgIpc) is 3.26. The van der Waals surface area contributed by atoms with Gasteiger partial charge in [-0.15, -0.1) is 11.3 Å². The number of ether oxygens (including phenoxy) is 2. The van der Waals surface area contributed by atoms with E-state index in [0.29, 0.717) is 24.7 Å². The Bertz CT molecular complexity index is 1170. The van der Waals surface area contributed by atoms with Crippen LogP contribution in [-0.4, -0.2) is 47.0 Å². The van der Waals surface area contributed by atoms with Gasteiger partial charge >= 0.3 is 12.1 Å². The van der Waals surface area contributed by atoms with Gasteiger partial charge in [0.2, 0.25) is 9.84 Å². The summed E-state index contributed by atoms with van der Waals surface area (Å²) in [5.74, 6) is -0.289. The molecule has 180 valence electrons. The Kier molecular flexibility index (Phi) is 8.67. The molecule has 1 aromatic heterocycles. The molecule has 0 aliphatic rings. The molecule has 7 nitrogen and oxygen atoms in total. The fourth-order valence-electron chi connectivity index (χ4n) is 2.66. The van der Waals surface area contributed by atoms with Crippen LogP contribution in [0.4, 0.5) is 13.2 Å². The van der Waals surface area contributed by atoms with Gasteiger partial charge in [0.15, 0.2) is 0 Å². The van der Waals surface area contributed by atoms with Crippen molar-refractivity contribution in [3.05, 3.63) is 46.8 Å². The van der Waals surface area contributed by atoms with Crippen LogP contribution in [0.3, 0.4) is 0 Å². The van der Waals surface area contributed by atoms with Crippen molar-refractivity contribution >= 4 is 38.6 Å². The maximum Gasteiger partial charge on any atom is 0.432 e. The Balaban J connectivity index is 2.47. The number of aliphatic imine (C=N–C) groups is 1. The third kappa shape index (κ3) is 6.81. The van der Waals surface area contributed by atoms with Gasteiger partial charge in [-0.1, -0.05) is 6.92 Å². The second-order valence-corrected chi connectivity index (χ2v) is 10.0. The van der Waals surface area contributed by atoms with E-state index in [0.717, 1.165) is 18.4 Å². The number of thiophene rings is 1. The predicted octanol–water partition coefficient (Wildman–Crippen LogP) is 4.02. The van der Waals surface area contributed by atoms with Crippen molar-refractivity contribution in [1.82, 2.24) is 0 Å².